The number of para-hydroxylation sites is 1. The second-order valence-electron chi connectivity index (χ2n) is 11.9. The highest BCUT2D eigenvalue weighted by atomic mass is 15.1. The van der Waals surface area contributed by atoms with Gasteiger partial charge in [0.1, 0.15) is 0 Å². The van der Waals surface area contributed by atoms with E-state index < -0.39 is 0 Å². The van der Waals surface area contributed by atoms with Gasteiger partial charge in [-0.05, 0) is 111 Å². The number of hydrogen-bond acceptors (Lipinski definition) is 2. The van der Waals surface area contributed by atoms with Crippen LogP contribution in [0.25, 0.3) is 33.4 Å². The van der Waals surface area contributed by atoms with Crippen LogP contribution in [0.2, 0.25) is 0 Å². The Bertz CT molecular complexity index is 2110. The van der Waals surface area contributed by atoms with E-state index in [2.05, 4.69) is 133 Å². The van der Waals surface area contributed by atoms with Gasteiger partial charge in [0.2, 0.25) is 0 Å². The van der Waals surface area contributed by atoms with Crippen LogP contribution in [0.1, 0.15) is 29.5 Å². The fraction of sp³-hybridized carbons (Fsp3) is 0.0698. The quantitative estimate of drug-likeness (QED) is 0.166. The monoisotopic (exact) mass is 578 g/mol. The molecule has 5 aromatic carbocycles. The third kappa shape index (κ3) is 4.17. The number of hydrogen-bond donors (Lipinski definition) is 1. The summed E-state index contributed by atoms with van der Waals surface area (Å²) in [5.41, 5.74) is 21.9. The summed E-state index contributed by atoms with van der Waals surface area (Å²) in [4.78, 5) is 2.37. The van der Waals surface area contributed by atoms with Crippen LogP contribution in [0.15, 0.2) is 176 Å². The largest absolute Gasteiger partial charge is 0.399 e. The Balaban J connectivity index is 1.35. The zero-order valence-corrected chi connectivity index (χ0v) is 25.2. The molecule has 2 N–H and O–H groups in total. The zero-order chi connectivity index (χ0) is 30.4. The van der Waals surface area contributed by atoms with Crippen LogP contribution in [-0.4, -0.2) is 0 Å². The average Bonchev–Trinajstić information content (AvgIpc) is 3.38. The Labute approximate surface area is 265 Å². The van der Waals surface area contributed by atoms with Gasteiger partial charge in [0.15, 0.2) is 0 Å². The zero-order valence-electron chi connectivity index (χ0n) is 25.2. The Kier molecular flexibility index (Phi) is 6.50. The van der Waals surface area contributed by atoms with Crippen LogP contribution >= 0.6 is 0 Å². The van der Waals surface area contributed by atoms with E-state index in [1.54, 1.807) is 0 Å². The van der Waals surface area contributed by atoms with E-state index in [0.717, 1.165) is 24.1 Å². The number of nitrogens with zero attached hydrogens (tertiary/aromatic N) is 1. The molecule has 0 saturated heterocycles. The smallest absolute Gasteiger partial charge is 0.0717 e. The van der Waals surface area contributed by atoms with Crippen molar-refractivity contribution in [1.29, 1.82) is 0 Å². The molecule has 8 rings (SSSR count). The summed E-state index contributed by atoms with van der Waals surface area (Å²) >= 11 is 0. The number of benzene rings is 5. The Morgan fingerprint density at radius 3 is 2.18 bits per heavy atom. The van der Waals surface area contributed by atoms with E-state index >= 15 is 0 Å². The van der Waals surface area contributed by atoms with Crippen molar-refractivity contribution in [2.24, 2.45) is 0 Å². The SMILES string of the molecule is C=C/C=C\C=C/N1C2=C(CCC=C2)C2(c3ccccc3-c3cc(-c4cccc(-c5cccc(N)c5)c4)ccc32)c2ccccc21. The van der Waals surface area contributed by atoms with Gasteiger partial charge in [-0.25, -0.2) is 0 Å². The topological polar surface area (TPSA) is 29.3 Å². The van der Waals surface area contributed by atoms with Crippen molar-refractivity contribution in [2.45, 2.75) is 18.3 Å². The predicted octanol–water partition coefficient (Wildman–Crippen LogP) is 10.6. The first-order chi connectivity index (χ1) is 22.2. The molecule has 3 aliphatic rings. The van der Waals surface area contributed by atoms with Crippen LogP contribution in [0.5, 0.6) is 0 Å². The Morgan fingerprint density at radius 1 is 0.644 bits per heavy atom. The third-order valence-electron chi connectivity index (χ3n) is 9.48. The van der Waals surface area contributed by atoms with Crippen LogP contribution in [0.4, 0.5) is 11.4 Å². The molecule has 45 heavy (non-hydrogen) atoms. The van der Waals surface area contributed by atoms with Gasteiger partial charge in [0, 0.05) is 17.6 Å². The van der Waals surface area contributed by atoms with E-state index in [0.29, 0.717) is 0 Å². The van der Waals surface area contributed by atoms with Gasteiger partial charge in [-0.15, -0.1) is 0 Å². The summed E-state index contributed by atoms with van der Waals surface area (Å²) in [6.07, 6.45) is 16.8. The van der Waals surface area contributed by atoms with Gasteiger partial charge in [-0.2, -0.15) is 0 Å². The van der Waals surface area contributed by atoms with Gasteiger partial charge < -0.3 is 10.6 Å². The van der Waals surface area contributed by atoms with Crippen LogP contribution < -0.4 is 10.6 Å². The van der Waals surface area contributed by atoms with Gasteiger partial charge in [0.25, 0.3) is 0 Å². The molecule has 1 atom stereocenters. The standard InChI is InChI=1S/C43H34N2/c1-2-3-4-11-26-45-41-22-9-7-20-39(41)43(40-21-8-10-23-42(40)45)37-19-6-5-18-35(37)36-29-33(24-25-38(36)43)31-15-12-14-30(27-31)32-16-13-17-34(44)28-32/h2-7,9-20,22-29H,1,8,21,44H2/b4-3-,26-11-. The van der Waals surface area contributed by atoms with Crippen molar-refractivity contribution in [3.8, 4) is 33.4 Å². The average molecular weight is 579 g/mol. The van der Waals surface area contributed by atoms with E-state index in [1.807, 2.05) is 36.4 Å². The lowest BCUT2D eigenvalue weighted by atomic mass is 9.62. The molecule has 0 bridgehead atoms. The molecule has 0 radical (unpaired) electrons. The lowest BCUT2D eigenvalue weighted by molar-refractivity contribution is 0.663. The van der Waals surface area contributed by atoms with E-state index in [1.165, 1.54) is 61.5 Å². The molecule has 1 heterocycles. The van der Waals surface area contributed by atoms with Crippen LogP contribution in [-0.2, 0) is 5.41 Å². The maximum atomic E-state index is 6.12. The van der Waals surface area contributed by atoms with Crippen molar-refractivity contribution in [1.82, 2.24) is 0 Å². The molecule has 1 aliphatic heterocycles. The minimum absolute atomic E-state index is 0.355. The number of fused-ring (bicyclic) bond motifs is 8. The highest BCUT2D eigenvalue weighted by Gasteiger charge is 2.52. The van der Waals surface area contributed by atoms with E-state index in [-0.39, 0.29) is 5.41 Å². The molecular formula is C43H34N2. The summed E-state index contributed by atoms with van der Waals surface area (Å²) in [6.45, 7) is 3.82. The number of rotatable bonds is 5. The number of anilines is 2. The van der Waals surface area contributed by atoms with Crippen molar-refractivity contribution in [2.75, 3.05) is 10.6 Å². The first-order valence-corrected chi connectivity index (χ1v) is 15.7. The fourth-order valence-corrected chi connectivity index (χ4v) is 7.66. The summed E-state index contributed by atoms with van der Waals surface area (Å²) < 4.78 is 0. The Hall–Kier alpha value is -5.60. The van der Waals surface area contributed by atoms with Gasteiger partial charge >= 0.3 is 0 Å². The van der Waals surface area contributed by atoms with Crippen molar-refractivity contribution in [3.05, 3.63) is 192 Å². The molecule has 1 unspecified atom stereocenters. The highest BCUT2D eigenvalue weighted by Crippen LogP contribution is 2.62. The second kappa shape index (κ2) is 10.8. The molecule has 0 amide bonds. The summed E-state index contributed by atoms with van der Waals surface area (Å²) in [7, 11) is 0. The number of nitrogens with two attached hydrogens (primary N) is 1. The molecule has 2 aliphatic carbocycles. The maximum Gasteiger partial charge on any atom is 0.0717 e. The molecule has 2 heteroatoms. The summed E-state index contributed by atoms with van der Waals surface area (Å²) in [6, 6.07) is 42.0. The minimum Gasteiger partial charge on any atom is -0.399 e. The highest BCUT2D eigenvalue weighted by molar-refractivity contribution is 5.92. The third-order valence-corrected chi connectivity index (χ3v) is 9.48. The fourth-order valence-electron chi connectivity index (χ4n) is 7.66. The maximum absolute atomic E-state index is 6.12. The van der Waals surface area contributed by atoms with Gasteiger partial charge in [0.05, 0.1) is 11.1 Å². The molecule has 5 aromatic rings. The van der Waals surface area contributed by atoms with Crippen molar-refractivity contribution in [3.63, 3.8) is 0 Å². The molecule has 216 valence electrons. The lowest BCUT2D eigenvalue weighted by Crippen LogP contribution is -2.39. The Morgan fingerprint density at radius 2 is 1.36 bits per heavy atom. The van der Waals surface area contributed by atoms with E-state index in [4.69, 9.17) is 5.73 Å². The van der Waals surface area contributed by atoms with Crippen LogP contribution in [0.3, 0.4) is 0 Å². The number of allylic oxidation sites excluding steroid dienone is 7. The minimum atomic E-state index is -0.355. The summed E-state index contributed by atoms with van der Waals surface area (Å²) in [5.74, 6) is 0. The summed E-state index contributed by atoms with van der Waals surface area (Å²) in [5, 5.41) is 0. The molecule has 0 saturated carbocycles. The second-order valence-corrected chi connectivity index (χ2v) is 11.9. The molecule has 2 nitrogen and oxygen atoms in total. The molecule has 0 fully saturated rings. The normalized spacial score (nSPS) is 17.9. The van der Waals surface area contributed by atoms with Crippen molar-refractivity contribution < 1.29 is 0 Å². The number of nitrogen functional groups attached to an aromatic ring is 1. The van der Waals surface area contributed by atoms with Crippen LogP contribution in [0, 0.1) is 0 Å². The first-order valence-electron chi connectivity index (χ1n) is 15.7. The lowest BCUT2D eigenvalue weighted by Gasteiger charge is -2.46. The van der Waals surface area contributed by atoms with Crippen molar-refractivity contribution >= 4 is 11.4 Å². The van der Waals surface area contributed by atoms with Gasteiger partial charge in [-0.3, -0.25) is 0 Å². The van der Waals surface area contributed by atoms with E-state index in [9.17, 15) is 0 Å². The molecule has 1 spiro atoms. The van der Waals surface area contributed by atoms with Gasteiger partial charge in [-0.1, -0.05) is 116 Å². The predicted molar refractivity (Wildman–Crippen MR) is 190 cm³/mol. The molecular weight excluding hydrogens is 544 g/mol. The first kappa shape index (κ1) is 27.0. The molecule has 0 aromatic heterocycles.